The van der Waals surface area contributed by atoms with Crippen molar-refractivity contribution in [2.24, 2.45) is 0 Å². The van der Waals surface area contributed by atoms with E-state index in [1.165, 1.54) is 171 Å². The molecule has 0 unspecified atom stereocenters. The zero-order chi connectivity index (χ0) is 83.6. The molecular formula is C102H153F3O12. The first-order valence-corrected chi connectivity index (χ1v) is 45.9. The minimum atomic E-state index is -0.283. The largest absolute Gasteiger partial charge is 0.491 e. The molecule has 0 bridgehead atoms. The summed E-state index contributed by atoms with van der Waals surface area (Å²) in [7, 11) is 0. The van der Waals surface area contributed by atoms with E-state index >= 15 is 0 Å². The Morgan fingerprint density at radius 3 is 0.530 bits per heavy atom. The molecule has 0 spiro atoms. The van der Waals surface area contributed by atoms with Gasteiger partial charge in [0.25, 0.3) is 0 Å². The van der Waals surface area contributed by atoms with Crippen LogP contribution in [-0.2, 0) is 28.4 Å². The molecule has 6 aliphatic rings. The highest BCUT2D eigenvalue weighted by Crippen LogP contribution is 2.31. The number of benzene rings is 6. The second-order valence-electron chi connectivity index (χ2n) is 34.6. The predicted octanol–water partition coefficient (Wildman–Crippen LogP) is 27.6. The molecule has 6 fully saturated rings. The van der Waals surface area contributed by atoms with Crippen molar-refractivity contribution in [1.29, 1.82) is 0 Å². The average Bonchev–Trinajstić information content (AvgIpc) is 0.863. The van der Waals surface area contributed by atoms with Crippen LogP contribution in [0.3, 0.4) is 0 Å². The summed E-state index contributed by atoms with van der Waals surface area (Å²) >= 11 is 0. The molecule has 12 nitrogen and oxygen atoms in total. The minimum Gasteiger partial charge on any atom is -0.491 e. The fourth-order valence-corrected chi connectivity index (χ4v) is 15.4. The maximum atomic E-state index is 13.8. The van der Waals surface area contributed by atoms with E-state index in [1.54, 1.807) is 36.4 Å². The maximum absolute atomic E-state index is 13.8. The molecule has 117 heavy (non-hydrogen) atoms. The quantitative estimate of drug-likeness (QED) is 0.0349. The highest BCUT2D eigenvalue weighted by Gasteiger charge is 2.20. The molecule has 15 heteroatoms. The van der Waals surface area contributed by atoms with Gasteiger partial charge in [-0.05, 0) is 219 Å². The maximum Gasteiger partial charge on any atom is 0.165 e. The molecule has 6 aromatic rings. The van der Waals surface area contributed by atoms with Gasteiger partial charge in [-0.15, -0.1) is 0 Å². The number of rotatable bonds is 36. The summed E-state index contributed by atoms with van der Waals surface area (Å²) in [5.74, 6) is 5.64. The lowest BCUT2D eigenvalue weighted by Gasteiger charge is -2.22. The summed E-state index contributed by atoms with van der Waals surface area (Å²) in [6.07, 6.45) is 40.4. The van der Waals surface area contributed by atoms with Crippen molar-refractivity contribution in [3.8, 4) is 34.5 Å². The molecule has 6 aromatic carbocycles. The van der Waals surface area contributed by atoms with Crippen molar-refractivity contribution < 1.29 is 70.0 Å². The molecule has 0 heterocycles. The highest BCUT2D eigenvalue weighted by molar-refractivity contribution is 5.34. The van der Waals surface area contributed by atoms with Crippen molar-refractivity contribution in [1.82, 2.24) is 0 Å². The first-order valence-electron chi connectivity index (χ1n) is 45.9. The summed E-state index contributed by atoms with van der Waals surface area (Å²) in [6, 6.07) is 40.7. The van der Waals surface area contributed by atoms with Crippen LogP contribution in [0.5, 0.6) is 34.5 Å². The molecule has 0 radical (unpaired) electrons. The monoisotopic (exact) mass is 1630 g/mol. The van der Waals surface area contributed by atoms with Crippen molar-refractivity contribution in [2.75, 3.05) is 79.3 Å². The predicted molar refractivity (Wildman–Crippen MR) is 473 cm³/mol. The zero-order valence-electron chi connectivity index (χ0n) is 74.3. The lowest BCUT2D eigenvalue weighted by molar-refractivity contribution is 0.0124. The number of hydrogen-bond acceptors (Lipinski definition) is 12. The molecule has 6 saturated carbocycles. The Morgan fingerprint density at radius 1 is 0.205 bits per heavy atom. The fraction of sp³-hybridized carbons (Fsp3) is 0.647. The van der Waals surface area contributed by atoms with Crippen molar-refractivity contribution in [3.63, 3.8) is 0 Å². The Balaban J connectivity index is 0.000000194. The lowest BCUT2D eigenvalue weighted by atomic mass is 9.98. The van der Waals surface area contributed by atoms with Crippen LogP contribution in [0.2, 0.25) is 0 Å². The Labute approximate surface area is 706 Å². The second kappa shape index (κ2) is 57.8. The molecule has 0 amide bonds. The van der Waals surface area contributed by atoms with Crippen LogP contribution in [0.4, 0.5) is 13.2 Å². The van der Waals surface area contributed by atoms with Gasteiger partial charge in [0.1, 0.15) is 56.9 Å². The van der Waals surface area contributed by atoms with E-state index in [-0.39, 0.29) is 17.5 Å². The SMILES string of the molecule is CC(C)c1ccc(OCCOC2CCCCC2)c(F)c1.CC(C)c1ccc(OCCOC2CCCCC2)c(F)c1.CC(C)c1ccc(OCCOC2CCCCC2)c(F)c1.CC(C)c1ccc(OCCOC2CCCCC2)cc1.CC(C)c1ccc(OCCOC2CCCCC2)cc1.CC(C)c1ccc(OCCOC2CCCCC2)cc1. The third-order valence-corrected chi connectivity index (χ3v) is 23.0. The van der Waals surface area contributed by atoms with E-state index in [1.807, 2.05) is 59.7 Å². The van der Waals surface area contributed by atoms with E-state index in [2.05, 4.69) is 114 Å². The first-order chi connectivity index (χ1) is 56.8. The van der Waals surface area contributed by atoms with Gasteiger partial charge in [-0.1, -0.05) is 253 Å². The second-order valence-corrected chi connectivity index (χ2v) is 34.6. The molecule has 6 aliphatic carbocycles. The molecule has 12 rings (SSSR count). The zero-order valence-corrected chi connectivity index (χ0v) is 74.3. The van der Waals surface area contributed by atoms with Crippen molar-refractivity contribution >= 4 is 0 Å². The van der Waals surface area contributed by atoms with Gasteiger partial charge < -0.3 is 56.8 Å². The van der Waals surface area contributed by atoms with E-state index < -0.39 is 0 Å². The minimum absolute atomic E-state index is 0.283. The van der Waals surface area contributed by atoms with Gasteiger partial charge >= 0.3 is 0 Å². The van der Waals surface area contributed by atoms with E-state index in [0.717, 1.165) is 72.5 Å². The molecular weight excluding hydrogens is 1470 g/mol. The summed E-state index contributed by atoms with van der Waals surface area (Å²) in [5, 5.41) is 0. The normalized spacial score (nSPS) is 16.7. The Bertz CT molecular complexity index is 3110. The smallest absolute Gasteiger partial charge is 0.165 e. The molecule has 0 N–H and O–H groups in total. The highest BCUT2D eigenvalue weighted by atomic mass is 19.1. The van der Waals surface area contributed by atoms with Crippen molar-refractivity contribution in [2.45, 2.75) is 348 Å². The number of ether oxygens (including phenoxy) is 12. The Morgan fingerprint density at radius 2 is 0.368 bits per heavy atom. The van der Waals surface area contributed by atoms with E-state index in [0.29, 0.717) is 169 Å². The summed E-state index contributed by atoms with van der Waals surface area (Å²) in [5.41, 5.74) is 7.04. The van der Waals surface area contributed by atoms with E-state index in [9.17, 15) is 13.2 Å². The summed E-state index contributed by atoms with van der Waals surface area (Å²) in [6.45, 7) is 32.4. The first kappa shape index (κ1) is 97.8. The van der Waals surface area contributed by atoms with E-state index in [4.69, 9.17) is 56.8 Å². The Kier molecular flexibility index (Phi) is 48.3. The molecule has 0 aromatic heterocycles. The summed E-state index contributed by atoms with van der Waals surface area (Å²) in [4.78, 5) is 0. The lowest BCUT2D eigenvalue weighted by Crippen LogP contribution is -2.20. The van der Waals surface area contributed by atoms with Crippen LogP contribution in [0.15, 0.2) is 127 Å². The van der Waals surface area contributed by atoms with Gasteiger partial charge in [0.05, 0.1) is 76.3 Å². The third-order valence-electron chi connectivity index (χ3n) is 23.0. The van der Waals surface area contributed by atoms with Gasteiger partial charge in [-0.2, -0.15) is 0 Å². The topological polar surface area (TPSA) is 111 Å². The van der Waals surface area contributed by atoms with Gasteiger partial charge in [0.2, 0.25) is 0 Å². The fourth-order valence-electron chi connectivity index (χ4n) is 15.4. The van der Waals surface area contributed by atoms with Gasteiger partial charge in [0.15, 0.2) is 34.7 Å². The average molecular weight is 1630 g/mol. The van der Waals surface area contributed by atoms with Gasteiger partial charge in [0, 0.05) is 0 Å². The van der Waals surface area contributed by atoms with Crippen LogP contribution in [0.1, 0.15) is 345 Å². The van der Waals surface area contributed by atoms with Gasteiger partial charge in [-0.3, -0.25) is 0 Å². The van der Waals surface area contributed by atoms with Crippen LogP contribution in [0, 0.1) is 17.5 Å². The number of hydrogen-bond donors (Lipinski definition) is 0. The number of halogens is 3. The molecule has 0 aliphatic heterocycles. The van der Waals surface area contributed by atoms with Crippen LogP contribution in [0.25, 0.3) is 0 Å². The van der Waals surface area contributed by atoms with Crippen molar-refractivity contribution in [3.05, 3.63) is 178 Å². The molecule has 654 valence electrons. The van der Waals surface area contributed by atoms with Crippen LogP contribution in [-0.4, -0.2) is 116 Å². The molecule has 0 atom stereocenters. The standard InChI is InChI=1S/3C17H25FO2.3C17H26O2/c3*1-13(2)14-8-9-17(16(18)12-14)20-11-10-19-15-6-4-3-5-7-15;3*1-14(2)15-8-10-17(11-9-15)19-13-12-18-16-6-4-3-5-7-16/h3*8-9,12-13,15H,3-7,10-11H2,1-2H3;3*8-11,14,16H,3-7,12-13H2,1-2H3. The van der Waals surface area contributed by atoms with Crippen LogP contribution >= 0.6 is 0 Å². The molecule has 0 saturated heterocycles. The Hall–Kier alpha value is -6.33. The van der Waals surface area contributed by atoms with Crippen LogP contribution < -0.4 is 28.4 Å². The summed E-state index contributed by atoms with van der Waals surface area (Å²) < 4.78 is 110. The third kappa shape index (κ3) is 40.7. The van der Waals surface area contributed by atoms with Gasteiger partial charge in [-0.25, -0.2) is 13.2 Å².